The summed E-state index contributed by atoms with van der Waals surface area (Å²) in [6, 6.07) is 11.3. The normalized spacial score (nSPS) is 10.6. The van der Waals surface area contributed by atoms with Crippen molar-refractivity contribution in [2.24, 2.45) is 0 Å². The van der Waals surface area contributed by atoms with Gasteiger partial charge in [-0.1, -0.05) is 22.8 Å². The van der Waals surface area contributed by atoms with E-state index in [2.05, 4.69) is 31.4 Å². The topological polar surface area (TPSA) is 68.0 Å². The molecule has 0 radical (unpaired) electrons. The molecule has 106 valence electrons. The van der Waals surface area contributed by atoms with Crippen LogP contribution in [0, 0.1) is 6.92 Å². The van der Waals surface area contributed by atoms with Gasteiger partial charge in [-0.3, -0.25) is 10.1 Å². The summed E-state index contributed by atoms with van der Waals surface area (Å²) in [4.78, 5) is 12.5. The van der Waals surface area contributed by atoms with Crippen molar-refractivity contribution in [1.82, 2.24) is 10.2 Å². The molecule has 21 heavy (non-hydrogen) atoms. The lowest BCUT2D eigenvalue weighted by Gasteiger charge is -1.97. The fourth-order valence-corrected chi connectivity index (χ4v) is 2.96. The molecule has 0 aliphatic heterocycles. The maximum Gasteiger partial charge on any atom is 0.322 e. The van der Waals surface area contributed by atoms with E-state index in [-0.39, 0.29) is 11.9 Å². The quantitative estimate of drug-likeness (QED) is 0.759. The molecular formula is C14H10BrN3O2S. The van der Waals surface area contributed by atoms with Crippen molar-refractivity contribution in [1.29, 1.82) is 0 Å². The fraction of sp³-hybridized carbons (Fsp3) is 0.0714. The minimum atomic E-state index is -0.273. The van der Waals surface area contributed by atoms with Crippen LogP contribution >= 0.6 is 27.3 Å². The van der Waals surface area contributed by atoms with Crippen LogP contribution in [-0.4, -0.2) is 16.1 Å². The lowest BCUT2D eigenvalue weighted by molar-refractivity contribution is 0.102. The predicted octanol–water partition coefficient (Wildman–Crippen LogP) is 4.12. The number of hydrogen-bond acceptors (Lipinski definition) is 5. The lowest BCUT2D eigenvalue weighted by atomic mass is 10.1. The Morgan fingerprint density at radius 3 is 2.62 bits per heavy atom. The highest BCUT2D eigenvalue weighted by Gasteiger charge is 2.14. The van der Waals surface area contributed by atoms with Gasteiger partial charge in [0.05, 0.1) is 8.66 Å². The number of carbonyl (C=O) groups excluding carboxylic acids is 1. The summed E-state index contributed by atoms with van der Waals surface area (Å²) in [6.45, 7) is 2.00. The number of anilines is 1. The average molecular weight is 364 g/mol. The van der Waals surface area contributed by atoms with E-state index in [9.17, 15) is 4.79 Å². The van der Waals surface area contributed by atoms with Gasteiger partial charge in [0.25, 0.3) is 5.91 Å². The highest BCUT2D eigenvalue weighted by atomic mass is 79.9. The molecule has 2 aromatic heterocycles. The number of benzene rings is 1. The van der Waals surface area contributed by atoms with E-state index in [0.29, 0.717) is 10.8 Å². The van der Waals surface area contributed by atoms with Crippen LogP contribution < -0.4 is 5.32 Å². The Balaban J connectivity index is 1.76. The standard InChI is InChI=1S/C14H10BrN3O2S/c1-8-2-4-9(5-3-8)13-17-18-14(20-13)16-12(19)10-6-7-11(15)21-10/h2-7H,1H3,(H,16,18,19). The molecule has 5 nitrogen and oxygen atoms in total. The van der Waals surface area contributed by atoms with Crippen molar-refractivity contribution >= 4 is 39.2 Å². The second-order valence-corrected chi connectivity index (χ2v) is 6.80. The first-order valence-corrected chi connectivity index (χ1v) is 7.70. The number of amides is 1. The summed E-state index contributed by atoms with van der Waals surface area (Å²) in [5, 5.41) is 10.3. The number of halogens is 1. The zero-order chi connectivity index (χ0) is 14.8. The van der Waals surface area contributed by atoms with Crippen LogP contribution in [0.2, 0.25) is 0 Å². The van der Waals surface area contributed by atoms with E-state index < -0.39 is 0 Å². The third-order valence-electron chi connectivity index (χ3n) is 2.74. The smallest absolute Gasteiger partial charge is 0.322 e. The van der Waals surface area contributed by atoms with E-state index >= 15 is 0 Å². The second-order valence-electron chi connectivity index (χ2n) is 4.34. The highest BCUT2D eigenvalue weighted by molar-refractivity contribution is 9.11. The van der Waals surface area contributed by atoms with Crippen LogP contribution in [0.4, 0.5) is 6.01 Å². The Morgan fingerprint density at radius 2 is 1.95 bits per heavy atom. The number of aryl methyl sites for hydroxylation is 1. The Bertz CT molecular complexity index is 780. The number of rotatable bonds is 3. The molecule has 0 saturated carbocycles. The van der Waals surface area contributed by atoms with Gasteiger partial charge in [0.2, 0.25) is 5.89 Å². The van der Waals surface area contributed by atoms with E-state index in [0.717, 1.165) is 14.9 Å². The molecule has 2 heterocycles. The molecule has 0 unspecified atom stereocenters. The zero-order valence-electron chi connectivity index (χ0n) is 11.0. The van der Waals surface area contributed by atoms with Gasteiger partial charge in [-0.25, -0.2) is 0 Å². The van der Waals surface area contributed by atoms with Crippen molar-refractivity contribution in [2.75, 3.05) is 5.32 Å². The summed E-state index contributed by atoms with van der Waals surface area (Å²) in [7, 11) is 0. The molecular weight excluding hydrogens is 354 g/mol. The first-order chi connectivity index (χ1) is 10.1. The van der Waals surface area contributed by atoms with Crippen LogP contribution in [0.5, 0.6) is 0 Å². The first kappa shape index (κ1) is 14.0. The van der Waals surface area contributed by atoms with Gasteiger partial charge in [0.1, 0.15) is 0 Å². The summed E-state index contributed by atoms with van der Waals surface area (Å²) >= 11 is 4.65. The summed E-state index contributed by atoms with van der Waals surface area (Å²) < 4.78 is 6.33. The molecule has 1 aromatic carbocycles. The molecule has 3 rings (SSSR count). The van der Waals surface area contributed by atoms with Gasteiger partial charge >= 0.3 is 6.01 Å². The Kier molecular flexibility index (Phi) is 3.85. The zero-order valence-corrected chi connectivity index (χ0v) is 13.4. The molecule has 1 amide bonds. The molecule has 0 aliphatic carbocycles. The van der Waals surface area contributed by atoms with Gasteiger partial charge in [-0.2, -0.15) is 0 Å². The summed E-state index contributed by atoms with van der Waals surface area (Å²) in [5.41, 5.74) is 1.96. The maximum absolute atomic E-state index is 12.0. The summed E-state index contributed by atoms with van der Waals surface area (Å²) in [5.74, 6) is 0.0995. The SMILES string of the molecule is Cc1ccc(-c2nnc(NC(=O)c3ccc(Br)s3)o2)cc1. The third kappa shape index (κ3) is 3.20. The maximum atomic E-state index is 12.0. The van der Waals surface area contributed by atoms with Crippen LogP contribution in [0.25, 0.3) is 11.5 Å². The minimum absolute atomic E-state index is 0.0834. The molecule has 0 atom stereocenters. The van der Waals surface area contributed by atoms with Crippen molar-refractivity contribution in [2.45, 2.75) is 6.92 Å². The fourth-order valence-electron chi connectivity index (χ4n) is 1.68. The Labute approximate surface area is 133 Å². The van der Waals surface area contributed by atoms with E-state index in [4.69, 9.17) is 4.42 Å². The van der Waals surface area contributed by atoms with Crippen molar-refractivity contribution < 1.29 is 9.21 Å². The monoisotopic (exact) mass is 363 g/mol. The molecule has 1 N–H and O–H groups in total. The largest absolute Gasteiger partial charge is 0.403 e. The van der Waals surface area contributed by atoms with E-state index in [1.165, 1.54) is 11.3 Å². The van der Waals surface area contributed by atoms with Gasteiger partial charge < -0.3 is 4.42 Å². The molecule has 0 fully saturated rings. The Morgan fingerprint density at radius 1 is 1.19 bits per heavy atom. The second kappa shape index (κ2) is 5.79. The number of nitrogens with one attached hydrogen (secondary N) is 1. The van der Waals surface area contributed by atoms with Crippen molar-refractivity contribution in [3.05, 3.63) is 50.6 Å². The molecule has 0 aliphatic rings. The third-order valence-corrected chi connectivity index (χ3v) is 4.36. The number of thiophene rings is 1. The summed E-state index contributed by atoms with van der Waals surface area (Å²) in [6.07, 6.45) is 0. The molecule has 0 spiro atoms. The van der Waals surface area contributed by atoms with Gasteiger partial charge in [-0.15, -0.1) is 16.4 Å². The predicted molar refractivity (Wildman–Crippen MR) is 84.4 cm³/mol. The molecule has 3 aromatic rings. The molecule has 0 bridgehead atoms. The highest BCUT2D eigenvalue weighted by Crippen LogP contribution is 2.24. The first-order valence-electron chi connectivity index (χ1n) is 6.09. The van der Waals surface area contributed by atoms with Crippen LogP contribution in [0.3, 0.4) is 0 Å². The lowest BCUT2D eigenvalue weighted by Crippen LogP contribution is -2.10. The van der Waals surface area contributed by atoms with Crippen molar-refractivity contribution in [3.8, 4) is 11.5 Å². The number of nitrogens with zero attached hydrogens (tertiary/aromatic N) is 2. The van der Waals surface area contributed by atoms with Gasteiger partial charge in [-0.05, 0) is 47.1 Å². The Hall–Kier alpha value is -1.99. The molecule has 0 saturated heterocycles. The van der Waals surface area contributed by atoms with E-state index in [1.54, 1.807) is 6.07 Å². The van der Waals surface area contributed by atoms with Crippen molar-refractivity contribution in [3.63, 3.8) is 0 Å². The van der Waals surface area contributed by atoms with Crippen LogP contribution in [0.1, 0.15) is 15.2 Å². The number of carbonyl (C=O) groups is 1. The van der Waals surface area contributed by atoms with Crippen LogP contribution in [0.15, 0.2) is 44.6 Å². The number of aromatic nitrogens is 2. The average Bonchev–Trinajstić information content (AvgIpc) is 3.09. The minimum Gasteiger partial charge on any atom is -0.403 e. The van der Waals surface area contributed by atoms with Gasteiger partial charge in [0, 0.05) is 5.56 Å². The van der Waals surface area contributed by atoms with Gasteiger partial charge in [0.15, 0.2) is 0 Å². The number of hydrogen-bond donors (Lipinski definition) is 1. The van der Waals surface area contributed by atoms with Crippen LogP contribution in [-0.2, 0) is 0 Å². The van der Waals surface area contributed by atoms with E-state index in [1.807, 2.05) is 37.3 Å². The molecule has 7 heteroatoms.